The topological polar surface area (TPSA) is 3.24 Å². The summed E-state index contributed by atoms with van der Waals surface area (Å²) >= 11 is 0. The number of hydrogen-bond donors (Lipinski definition) is 0. The van der Waals surface area contributed by atoms with Crippen LogP contribution < -0.4 is 0 Å². The highest BCUT2D eigenvalue weighted by molar-refractivity contribution is 5.12. The third-order valence-corrected chi connectivity index (χ3v) is 3.28. The molecule has 17 heavy (non-hydrogen) atoms. The lowest BCUT2D eigenvalue weighted by Crippen LogP contribution is -2.29. The standard InChI is InChI=1S/C16H27N/c1-8-13(10-15(3,4)5)17-12-16(6,7)11-14(17)9-2/h9,14H,1-2,10-12H2,3-7H3. The van der Waals surface area contributed by atoms with Gasteiger partial charge in [-0.1, -0.05) is 47.3 Å². The highest BCUT2D eigenvalue weighted by Gasteiger charge is 2.37. The lowest BCUT2D eigenvalue weighted by atomic mass is 9.90. The number of likely N-dealkylation sites (tertiary alicyclic amines) is 1. The molecular weight excluding hydrogens is 206 g/mol. The first-order chi connectivity index (χ1) is 7.68. The molecule has 0 bridgehead atoms. The zero-order valence-corrected chi connectivity index (χ0v) is 12.1. The molecule has 1 aliphatic heterocycles. The summed E-state index contributed by atoms with van der Waals surface area (Å²) in [7, 11) is 0. The average Bonchev–Trinajstić information content (AvgIpc) is 2.48. The van der Waals surface area contributed by atoms with Crippen LogP contribution in [0, 0.1) is 10.8 Å². The molecule has 0 spiro atoms. The molecule has 1 atom stereocenters. The molecule has 1 unspecified atom stereocenters. The van der Waals surface area contributed by atoms with Crippen LogP contribution in [-0.2, 0) is 0 Å². The van der Waals surface area contributed by atoms with Crippen molar-refractivity contribution in [2.75, 3.05) is 6.54 Å². The molecule has 1 heteroatoms. The molecule has 1 nitrogen and oxygen atoms in total. The van der Waals surface area contributed by atoms with Crippen LogP contribution in [0.2, 0.25) is 0 Å². The second kappa shape index (κ2) is 4.74. The summed E-state index contributed by atoms with van der Waals surface area (Å²) in [4.78, 5) is 2.44. The summed E-state index contributed by atoms with van der Waals surface area (Å²) in [5.74, 6) is 0. The maximum Gasteiger partial charge on any atom is 0.0568 e. The zero-order chi connectivity index (χ0) is 13.3. The Bertz CT molecular complexity index is 337. The molecule has 0 radical (unpaired) electrons. The van der Waals surface area contributed by atoms with Crippen molar-refractivity contribution >= 4 is 0 Å². The van der Waals surface area contributed by atoms with Gasteiger partial charge in [0.1, 0.15) is 0 Å². The highest BCUT2D eigenvalue weighted by Crippen LogP contribution is 2.39. The van der Waals surface area contributed by atoms with Crippen LogP contribution in [0.4, 0.5) is 0 Å². The summed E-state index contributed by atoms with van der Waals surface area (Å²) < 4.78 is 0. The van der Waals surface area contributed by atoms with Gasteiger partial charge in [0, 0.05) is 12.6 Å². The van der Waals surface area contributed by atoms with Gasteiger partial charge >= 0.3 is 0 Å². The SMILES string of the molecule is C=C=C(CC(C)(C)C)N1CC(C)(C)CC1C=C. The lowest BCUT2D eigenvalue weighted by molar-refractivity contribution is 0.282. The van der Waals surface area contributed by atoms with Gasteiger partial charge in [0.2, 0.25) is 0 Å². The molecule has 0 saturated carbocycles. The fourth-order valence-electron chi connectivity index (χ4n) is 2.59. The van der Waals surface area contributed by atoms with Crippen molar-refractivity contribution in [3.05, 3.63) is 30.7 Å². The van der Waals surface area contributed by atoms with Crippen LogP contribution in [0.3, 0.4) is 0 Å². The van der Waals surface area contributed by atoms with Gasteiger partial charge < -0.3 is 4.90 Å². The predicted molar refractivity (Wildman–Crippen MR) is 75.8 cm³/mol. The largest absolute Gasteiger partial charge is 0.362 e. The third kappa shape index (κ3) is 3.78. The second-order valence-corrected chi connectivity index (χ2v) is 7.16. The van der Waals surface area contributed by atoms with Crippen molar-refractivity contribution in [2.45, 2.75) is 53.5 Å². The molecule has 1 rings (SSSR count). The molecule has 0 aliphatic carbocycles. The Morgan fingerprint density at radius 1 is 1.47 bits per heavy atom. The predicted octanol–water partition coefficient (Wildman–Crippen LogP) is 4.38. The molecule has 1 heterocycles. The van der Waals surface area contributed by atoms with Crippen molar-refractivity contribution in [2.24, 2.45) is 10.8 Å². The normalized spacial score (nSPS) is 23.4. The van der Waals surface area contributed by atoms with Gasteiger partial charge in [0.25, 0.3) is 0 Å². The Balaban J connectivity index is 2.90. The Morgan fingerprint density at radius 2 is 2.06 bits per heavy atom. The van der Waals surface area contributed by atoms with Crippen LogP contribution in [0.25, 0.3) is 0 Å². The van der Waals surface area contributed by atoms with E-state index in [9.17, 15) is 0 Å². The zero-order valence-electron chi connectivity index (χ0n) is 12.1. The second-order valence-electron chi connectivity index (χ2n) is 7.16. The minimum atomic E-state index is 0.276. The number of hydrogen-bond acceptors (Lipinski definition) is 1. The summed E-state index contributed by atoms with van der Waals surface area (Å²) in [5, 5.41) is 0. The Labute approximate surface area is 107 Å². The first kappa shape index (κ1) is 14.1. The van der Waals surface area contributed by atoms with Crippen LogP contribution in [-0.4, -0.2) is 17.5 Å². The van der Waals surface area contributed by atoms with E-state index in [-0.39, 0.29) is 5.41 Å². The van der Waals surface area contributed by atoms with Crippen molar-refractivity contribution < 1.29 is 0 Å². The minimum Gasteiger partial charge on any atom is -0.362 e. The van der Waals surface area contributed by atoms with E-state index >= 15 is 0 Å². The molecule has 0 amide bonds. The minimum absolute atomic E-state index is 0.276. The molecule has 1 fully saturated rings. The van der Waals surface area contributed by atoms with Gasteiger partial charge in [-0.3, -0.25) is 0 Å². The number of rotatable bonds is 3. The fraction of sp³-hybridized carbons (Fsp3) is 0.688. The smallest absolute Gasteiger partial charge is 0.0568 e. The Morgan fingerprint density at radius 3 is 2.47 bits per heavy atom. The lowest BCUT2D eigenvalue weighted by Gasteiger charge is -2.30. The van der Waals surface area contributed by atoms with E-state index < -0.39 is 0 Å². The van der Waals surface area contributed by atoms with Gasteiger partial charge in [0.05, 0.1) is 5.70 Å². The van der Waals surface area contributed by atoms with Crippen molar-refractivity contribution in [3.63, 3.8) is 0 Å². The van der Waals surface area contributed by atoms with E-state index in [1.165, 1.54) is 12.1 Å². The molecule has 96 valence electrons. The molecule has 0 aromatic heterocycles. The highest BCUT2D eigenvalue weighted by atomic mass is 15.2. The van der Waals surface area contributed by atoms with E-state index in [4.69, 9.17) is 0 Å². The van der Waals surface area contributed by atoms with Crippen LogP contribution in [0.1, 0.15) is 47.5 Å². The first-order valence-corrected chi connectivity index (χ1v) is 6.47. The quantitative estimate of drug-likeness (QED) is 0.516. The van der Waals surface area contributed by atoms with Crippen LogP contribution in [0.5, 0.6) is 0 Å². The molecule has 1 aliphatic rings. The number of nitrogens with zero attached hydrogens (tertiary/aromatic N) is 1. The van der Waals surface area contributed by atoms with Crippen molar-refractivity contribution in [1.29, 1.82) is 0 Å². The van der Waals surface area contributed by atoms with Crippen LogP contribution >= 0.6 is 0 Å². The van der Waals surface area contributed by atoms with E-state index in [0.717, 1.165) is 13.0 Å². The van der Waals surface area contributed by atoms with Gasteiger partial charge in [0.15, 0.2) is 0 Å². The van der Waals surface area contributed by atoms with Gasteiger partial charge in [-0.05, 0) is 23.7 Å². The van der Waals surface area contributed by atoms with Crippen molar-refractivity contribution in [1.82, 2.24) is 4.90 Å². The first-order valence-electron chi connectivity index (χ1n) is 6.47. The van der Waals surface area contributed by atoms with Crippen molar-refractivity contribution in [3.8, 4) is 0 Å². The third-order valence-electron chi connectivity index (χ3n) is 3.28. The average molecular weight is 233 g/mol. The summed E-state index contributed by atoms with van der Waals surface area (Å²) in [6, 6.07) is 0.441. The van der Waals surface area contributed by atoms with E-state index in [0.29, 0.717) is 11.5 Å². The molecule has 0 aromatic rings. The molecule has 1 saturated heterocycles. The molecule has 0 aromatic carbocycles. The van der Waals surface area contributed by atoms with E-state index in [1.54, 1.807) is 0 Å². The van der Waals surface area contributed by atoms with Gasteiger partial charge in [-0.2, -0.15) is 0 Å². The Kier molecular flexibility index (Phi) is 3.94. The molecule has 0 N–H and O–H groups in total. The summed E-state index contributed by atoms with van der Waals surface area (Å²) in [6.45, 7) is 20.3. The van der Waals surface area contributed by atoms with Crippen LogP contribution in [0.15, 0.2) is 30.7 Å². The van der Waals surface area contributed by atoms with E-state index in [1.807, 2.05) is 0 Å². The fourth-order valence-corrected chi connectivity index (χ4v) is 2.59. The Hall–Kier alpha value is -0.940. The maximum absolute atomic E-state index is 3.97. The number of allylic oxidation sites excluding steroid dienone is 1. The maximum atomic E-state index is 3.97. The van der Waals surface area contributed by atoms with Gasteiger partial charge in [-0.25, -0.2) is 0 Å². The van der Waals surface area contributed by atoms with E-state index in [2.05, 4.69) is 64.5 Å². The monoisotopic (exact) mass is 233 g/mol. The summed E-state index contributed by atoms with van der Waals surface area (Å²) in [6.07, 6.45) is 4.26. The summed E-state index contributed by atoms with van der Waals surface area (Å²) in [5.41, 5.74) is 5.03. The van der Waals surface area contributed by atoms with Gasteiger partial charge in [-0.15, -0.1) is 12.3 Å². The molecular formula is C16H27N.